The summed E-state index contributed by atoms with van der Waals surface area (Å²) < 4.78 is 10.4. The molecule has 0 aliphatic rings. The van der Waals surface area contributed by atoms with E-state index in [0.29, 0.717) is 17.1 Å². The van der Waals surface area contributed by atoms with Crippen molar-refractivity contribution in [3.05, 3.63) is 65.9 Å². The van der Waals surface area contributed by atoms with Gasteiger partial charge in [-0.3, -0.25) is 4.79 Å². The number of methoxy groups -OCH3 is 1. The zero-order valence-electron chi connectivity index (χ0n) is 13.6. The van der Waals surface area contributed by atoms with Crippen molar-refractivity contribution in [2.45, 2.75) is 13.3 Å². The van der Waals surface area contributed by atoms with Crippen LogP contribution in [0.3, 0.4) is 0 Å². The Bertz CT molecular complexity index is 821. The molecule has 1 N–H and O–H groups in total. The Kier molecular flexibility index (Phi) is 4.61. The van der Waals surface area contributed by atoms with E-state index in [9.17, 15) is 4.79 Å². The van der Waals surface area contributed by atoms with Crippen LogP contribution >= 0.6 is 0 Å². The lowest BCUT2D eigenvalue weighted by molar-refractivity contribution is -0.115. The lowest BCUT2D eigenvalue weighted by Gasteiger charge is -2.05. The number of anilines is 1. The molecule has 0 atom stereocenters. The fourth-order valence-electron chi connectivity index (χ4n) is 2.29. The van der Waals surface area contributed by atoms with Gasteiger partial charge >= 0.3 is 0 Å². The van der Waals surface area contributed by atoms with Crippen molar-refractivity contribution in [2.75, 3.05) is 12.4 Å². The molecule has 2 aromatic carbocycles. The molecule has 24 heavy (non-hydrogen) atoms. The molecule has 0 unspecified atom stereocenters. The molecule has 5 nitrogen and oxygen atoms in total. The molecule has 3 rings (SSSR count). The van der Waals surface area contributed by atoms with Crippen LogP contribution in [0, 0.1) is 6.92 Å². The van der Waals surface area contributed by atoms with E-state index in [1.165, 1.54) is 5.56 Å². The van der Waals surface area contributed by atoms with Crippen molar-refractivity contribution in [1.82, 2.24) is 5.16 Å². The van der Waals surface area contributed by atoms with E-state index >= 15 is 0 Å². The van der Waals surface area contributed by atoms with Crippen molar-refractivity contribution in [3.63, 3.8) is 0 Å². The second-order valence-corrected chi connectivity index (χ2v) is 5.50. The third kappa shape index (κ3) is 3.81. The third-order valence-electron chi connectivity index (χ3n) is 3.61. The van der Waals surface area contributed by atoms with E-state index in [2.05, 4.69) is 10.5 Å². The summed E-state index contributed by atoms with van der Waals surface area (Å²) in [6.45, 7) is 2.03. The minimum atomic E-state index is -0.149. The number of nitrogens with one attached hydrogen (secondary N) is 1. The normalized spacial score (nSPS) is 10.4. The van der Waals surface area contributed by atoms with Gasteiger partial charge in [-0.2, -0.15) is 0 Å². The van der Waals surface area contributed by atoms with Crippen LogP contribution in [-0.2, 0) is 11.2 Å². The summed E-state index contributed by atoms with van der Waals surface area (Å²) >= 11 is 0. The van der Waals surface area contributed by atoms with E-state index in [-0.39, 0.29) is 12.3 Å². The van der Waals surface area contributed by atoms with Crippen molar-refractivity contribution < 1.29 is 14.1 Å². The number of hydrogen-bond donors (Lipinski definition) is 1. The highest BCUT2D eigenvalue weighted by Gasteiger charge is 2.11. The molecule has 5 heteroatoms. The van der Waals surface area contributed by atoms with Gasteiger partial charge in [0.05, 0.1) is 19.2 Å². The predicted octanol–water partition coefficient (Wildman–Crippen LogP) is 3.84. The first-order valence-corrected chi connectivity index (χ1v) is 7.60. The first-order chi connectivity index (χ1) is 11.6. The molecule has 0 aliphatic heterocycles. The number of hydrogen-bond acceptors (Lipinski definition) is 4. The Balaban J connectivity index is 1.63. The molecule has 0 saturated heterocycles. The van der Waals surface area contributed by atoms with Gasteiger partial charge in [0.15, 0.2) is 5.76 Å². The molecule has 0 fully saturated rings. The fourth-order valence-corrected chi connectivity index (χ4v) is 2.29. The molecule has 0 saturated carbocycles. The summed E-state index contributed by atoms with van der Waals surface area (Å²) in [4.78, 5) is 12.1. The summed E-state index contributed by atoms with van der Waals surface area (Å²) in [5, 5.41) is 6.79. The van der Waals surface area contributed by atoms with Crippen molar-refractivity contribution in [2.24, 2.45) is 0 Å². The van der Waals surface area contributed by atoms with E-state index in [1.807, 2.05) is 31.2 Å². The molecule has 1 heterocycles. The van der Waals surface area contributed by atoms with Gasteiger partial charge in [0, 0.05) is 17.3 Å². The summed E-state index contributed by atoms with van der Waals surface area (Å²) in [5.41, 5.74) is 3.42. The zero-order chi connectivity index (χ0) is 16.9. The van der Waals surface area contributed by atoms with E-state index in [1.54, 1.807) is 37.4 Å². The van der Waals surface area contributed by atoms with Crippen molar-refractivity contribution in [3.8, 4) is 17.1 Å². The third-order valence-corrected chi connectivity index (χ3v) is 3.61. The molecule has 1 aromatic heterocycles. The SMILES string of the molecule is COc1ccc(NC(=O)Cc2cc(-c3ccc(C)cc3)on2)cc1. The quantitative estimate of drug-likeness (QED) is 0.775. The van der Waals surface area contributed by atoms with Gasteiger partial charge in [-0.1, -0.05) is 35.0 Å². The molecular weight excluding hydrogens is 304 g/mol. The second kappa shape index (κ2) is 7.00. The van der Waals surface area contributed by atoms with Crippen LogP contribution in [0.4, 0.5) is 5.69 Å². The number of amides is 1. The molecule has 122 valence electrons. The minimum absolute atomic E-state index is 0.149. The van der Waals surface area contributed by atoms with Gasteiger partial charge in [-0.15, -0.1) is 0 Å². The summed E-state index contributed by atoms with van der Waals surface area (Å²) in [5.74, 6) is 1.25. The number of benzene rings is 2. The maximum absolute atomic E-state index is 12.1. The standard InChI is InChI=1S/C19H18N2O3/c1-13-3-5-14(6-4-13)18-11-16(21-24-18)12-19(22)20-15-7-9-17(23-2)10-8-15/h3-11H,12H2,1-2H3,(H,20,22). The van der Waals surface area contributed by atoms with Crippen LogP contribution in [0.5, 0.6) is 5.75 Å². The van der Waals surface area contributed by atoms with Crippen molar-refractivity contribution >= 4 is 11.6 Å². The lowest BCUT2D eigenvalue weighted by atomic mass is 10.1. The summed E-state index contributed by atoms with van der Waals surface area (Å²) in [6, 6.07) is 16.9. The average Bonchev–Trinajstić information content (AvgIpc) is 3.04. The Morgan fingerprint density at radius 3 is 2.50 bits per heavy atom. The monoisotopic (exact) mass is 322 g/mol. The Hall–Kier alpha value is -3.08. The molecule has 1 amide bonds. The number of carbonyl (C=O) groups is 1. The number of carbonyl (C=O) groups excluding carboxylic acids is 1. The minimum Gasteiger partial charge on any atom is -0.497 e. The topological polar surface area (TPSA) is 64.4 Å². The zero-order valence-corrected chi connectivity index (χ0v) is 13.6. The number of rotatable bonds is 5. The first-order valence-electron chi connectivity index (χ1n) is 7.60. The lowest BCUT2D eigenvalue weighted by Crippen LogP contribution is -2.14. The summed E-state index contributed by atoms with van der Waals surface area (Å²) in [7, 11) is 1.60. The molecule has 0 aliphatic carbocycles. The molecule has 3 aromatic rings. The number of aryl methyl sites for hydroxylation is 1. The summed E-state index contributed by atoms with van der Waals surface area (Å²) in [6.07, 6.45) is 0.154. The van der Waals surface area contributed by atoms with Gasteiger partial charge in [-0.05, 0) is 31.2 Å². The number of aromatic nitrogens is 1. The van der Waals surface area contributed by atoms with E-state index < -0.39 is 0 Å². The molecule has 0 spiro atoms. The number of ether oxygens (including phenoxy) is 1. The van der Waals surface area contributed by atoms with Crippen molar-refractivity contribution in [1.29, 1.82) is 0 Å². The molecular formula is C19H18N2O3. The van der Waals surface area contributed by atoms with Gasteiger partial charge in [0.2, 0.25) is 5.91 Å². The second-order valence-electron chi connectivity index (χ2n) is 5.50. The Morgan fingerprint density at radius 2 is 1.83 bits per heavy atom. The van der Waals surface area contributed by atoms with Gasteiger partial charge in [0.25, 0.3) is 0 Å². The van der Waals surface area contributed by atoms with Gasteiger partial charge in [-0.25, -0.2) is 0 Å². The van der Waals surface area contributed by atoms with Gasteiger partial charge in [0.1, 0.15) is 5.75 Å². The Morgan fingerprint density at radius 1 is 1.12 bits per heavy atom. The van der Waals surface area contributed by atoms with Gasteiger partial charge < -0.3 is 14.6 Å². The molecule has 0 radical (unpaired) electrons. The molecule has 0 bridgehead atoms. The van der Waals surface area contributed by atoms with Crippen LogP contribution in [-0.4, -0.2) is 18.2 Å². The highest BCUT2D eigenvalue weighted by Crippen LogP contribution is 2.21. The highest BCUT2D eigenvalue weighted by atomic mass is 16.5. The maximum atomic E-state index is 12.1. The predicted molar refractivity (Wildman–Crippen MR) is 92.0 cm³/mol. The smallest absolute Gasteiger partial charge is 0.230 e. The highest BCUT2D eigenvalue weighted by molar-refractivity contribution is 5.92. The largest absolute Gasteiger partial charge is 0.497 e. The average molecular weight is 322 g/mol. The van der Waals surface area contributed by atoms with Crippen LogP contribution in [0.25, 0.3) is 11.3 Å². The van der Waals surface area contributed by atoms with Crippen LogP contribution < -0.4 is 10.1 Å². The van der Waals surface area contributed by atoms with E-state index in [0.717, 1.165) is 11.3 Å². The van der Waals surface area contributed by atoms with Crippen LogP contribution in [0.1, 0.15) is 11.3 Å². The first kappa shape index (κ1) is 15.8. The fraction of sp³-hybridized carbons (Fsp3) is 0.158. The Labute approximate surface area is 140 Å². The van der Waals surface area contributed by atoms with Crippen LogP contribution in [0.2, 0.25) is 0 Å². The maximum Gasteiger partial charge on any atom is 0.230 e. The van der Waals surface area contributed by atoms with Crippen LogP contribution in [0.15, 0.2) is 59.1 Å². The number of nitrogens with zero attached hydrogens (tertiary/aromatic N) is 1. The van der Waals surface area contributed by atoms with E-state index in [4.69, 9.17) is 9.26 Å².